The molecule has 0 atom stereocenters. The summed E-state index contributed by atoms with van der Waals surface area (Å²) >= 11 is 0. The maximum atomic E-state index is 7.50. The number of aromatic nitrogens is 12. The van der Waals surface area contributed by atoms with Gasteiger partial charge in [0.15, 0.2) is 0 Å². The zero-order valence-corrected chi connectivity index (χ0v) is 81.6. The van der Waals surface area contributed by atoms with Crippen molar-refractivity contribution in [1.82, 2.24) is 59.8 Å². The number of hydrogen-bond acceptors (Lipinski definition) is 16. The Hall–Kier alpha value is -14.6. The number of benzene rings is 8. The van der Waals surface area contributed by atoms with Crippen molar-refractivity contribution >= 4 is 88.3 Å². The second-order valence-electron chi connectivity index (χ2n) is 29.3. The molecule has 0 aliphatic heterocycles. The number of furan rings is 4. The maximum Gasteiger partial charge on any atom is 0.216 e. The fourth-order valence-electron chi connectivity index (χ4n) is 14.2. The molecule has 0 unspecified atom stereocenters. The minimum absolute atomic E-state index is 0. The summed E-state index contributed by atoms with van der Waals surface area (Å²) in [5, 5.41) is 6.00. The van der Waals surface area contributed by atoms with E-state index in [1.54, 1.807) is 104 Å². The summed E-state index contributed by atoms with van der Waals surface area (Å²) < 4.78 is 112. The minimum atomic E-state index is -2.50. The van der Waals surface area contributed by atoms with Crippen LogP contribution in [0.2, 0.25) is 0 Å². The van der Waals surface area contributed by atoms with E-state index in [4.69, 9.17) is 34.1 Å². The third-order valence-electron chi connectivity index (χ3n) is 20.3. The molecule has 0 saturated carbocycles. The van der Waals surface area contributed by atoms with E-state index in [1.807, 2.05) is 244 Å². The molecule has 16 heterocycles. The Morgan fingerprint density at radius 3 is 1.06 bits per heavy atom. The fraction of sp³-hybridized carbons (Fsp3) is 0.0609. The van der Waals surface area contributed by atoms with Gasteiger partial charge in [-0.15, -0.1) is 216 Å². The summed E-state index contributed by atoms with van der Waals surface area (Å²) in [5.41, 5.74) is 24.1. The largest absolute Gasteiger partial charge is 0.499 e. The molecule has 0 N–H and O–H groups in total. The van der Waals surface area contributed by atoms with Crippen LogP contribution >= 0.6 is 0 Å². The number of hydrogen-bond donors (Lipinski definition) is 0. The van der Waals surface area contributed by atoms with Crippen LogP contribution in [0.5, 0.6) is 0 Å². The number of nitrogens with zero attached hydrogens (tertiary/aromatic N) is 12. The van der Waals surface area contributed by atoms with Crippen LogP contribution in [0.1, 0.15) is 55.5 Å². The maximum absolute atomic E-state index is 7.50. The molecular weight excluding hydrogens is 2380 g/mol. The Kier molecular flexibility index (Phi) is 29.0. The van der Waals surface area contributed by atoms with Crippen molar-refractivity contribution in [2.45, 2.75) is 48.2 Å². The van der Waals surface area contributed by atoms with Crippen molar-refractivity contribution in [2.75, 3.05) is 0 Å². The first-order chi connectivity index (χ1) is 69.2. The molecule has 8 aromatic carbocycles. The molecule has 0 amide bonds. The first-order valence-electron chi connectivity index (χ1n) is 47.4. The van der Waals surface area contributed by atoms with E-state index in [1.165, 1.54) is 29.6 Å². The molecule has 20 heteroatoms. The Morgan fingerprint density at radius 2 is 0.637 bits per heavy atom. The van der Waals surface area contributed by atoms with Crippen LogP contribution in [0.15, 0.2) is 389 Å². The molecule has 0 spiro atoms. The Labute approximate surface area is 853 Å². The minimum Gasteiger partial charge on any atom is -0.499 e. The van der Waals surface area contributed by atoms with E-state index in [-0.39, 0.29) is 103 Å². The Balaban J connectivity index is 0.000000141. The first-order valence-corrected chi connectivity index (χ1v) is 41.4. The van der Waals surface area contributed by atoms with Gasteiger partial charge in [-0.1, -0.05) is 129 Å². The third-order valence-corrected chi connectivity index (χ3v) is 20.3. The average Bonchev–Trinajstić information content (AvgIpc) is 1.63. The second-order valence-corrected chi connectivity index (χ2v) is 29.3. The predicted octanol–water partition coefficient (Wildman–Crippen LogP) is 27.7. The van der Waals surface area contributed by atoms with E-state index in [0.717, 1.165) is 145 Å². The van der Waals surface area contributed by atoms with E-state index in [0.29, 0.717) is 45.1 Å². The summed E-state index contributed by atoms with van der Waals surface area (Å²) in [6.45, 7) is -3.14. The molecule has 24 rings (SSSR count). The molecule has 0 aliphatic rings. The molecule has 0 saturated heterocycles. The summed E-state index contributed by atoms with van der Waals surface area (Å²) in [6, 6.07) is 119. The normalized spacial score (nSPS) is 12.1. The average molecular weight is 2480 g/mol. The second kappa shape index (κ2) is 47.6. The van der Waals surface area contributed by atoms with Gasteiger partial charge in [-0.25, -0.2) is 9.97 Å². The van der Waals surface area contributed by atoms with Gasteiger partial charge in [0.1, 0.15) is 11.2 Å². The standard InChI is InChI=1S/C17H11N2O.3C16H9N2O.2C13H12N.2C12H10N.4Ir/c1-11-7-8-14(19-10-11)12-4-2-5-13-16-15(20-17(12)13)6-3-9-18-16;2*1-2-9-17-14(8-1)13-6-3-5-11-12-7-4-10-18-16(12)19-15(11)13;1-2-9-17-13(7-1)11-5-3-6-12-15-14(19-16(11)12)8-4-10-18-15;1-10-8-13(14-9-11(10)2)12-6-4-3-5-7-12;1-10-8-11(2)13(14-9-10)12-6-4-3-5-7-12;1-10-6-5-9-12(13-10)11-7-3-2-4-8-11;1-10-7-8-12(13-9-10)11-5-3-2-4-6-11;;;;/h2-3,5-10H,1H3;2*1-5,7-10H;1-4,6-10H;2*3-6,8-9H,1-2H3;2-7,9H,1H3;2-5,7-9H,1H3;;;;/q8*-1;;;;/i1D3;;;;1D3,2D3;;;1D3;;;;. The van der Waals surface area contributed by atoms with Crippen LogP contribution in [0.25, 0.3) is 178 Å². The van der Waals surface area contributed by atoms with E-state index < -0.39 is 27.4 Å². The van der Waals surface area contributed by atoms with E-state index in [9.17, 15) is 0 Å². The van der Waals surface area contributed by atoms with Crippen LogP contribution in [-0.2, 0) is 80.4 Å². The number of pyridine rings is 12. The quantitative estimate of drug-likeness (QED) is 0.130. The van der Waals surface area contributed by atoms with Crippen LogP contribution in [0.4, 0.5) is 0 Å². The van der Waals surface area contributed by atoms with Crippen LogP contribution in [0, 0.1) is 96.7 Å². The number of rotatable bonds is 8. The van der Waals surface area contributed by atoms with E-state index >= 15 is 0 Å². The summed E-state index contributed by atoms with van der Waals surface area (Å²) in [7, 11) is 0. The van der Waals surface area contributed by atoms with Gasteiger partial charge in [0, 0.05) is 182 Å². The van der Waals surface area contributed by atoms with Crippen molar-refractivity contribution in [3.05, 3.63) is 459 Å². The summed E-state index contributed by atoms with van der Waals surface area (Å²) in [4.78, 5) is 51.6. The Morgan fingerprint density at radius 1 is 0.244 bits per heavy atom. The molecule has 670 valence electrons. The predicted molar refractivity (Wildman–Crippen MR) is 522 cm³/mol. The third kappa shape index (κ3) is 24.1. The van der Waals surface area contributed by atoms with Gasteiger partial charge in [0.25, 0.3) is 0 Å². The van der Waals surface area contributed by atoms with Crippen molar-refractivity contribution in [3.63, 3.8) is 0 Å². The van der Waals surface area contributed by atoms with Gasteiger partial charge < -0.3 is 57.5 Å². The molecule has 0 bridgehead atoms. The number of fused-ring (bicyclic) bond motifs is 12. The SMILES string of the molecule is Cc1cccc(-c2[c-]cccc2)n1.Cc1cnc(-c2[c-]cccc2)c(C)c1.[2H]C([2H])([2H])c1ccc(-c2[c-]ccc3c2oc2cccnc23)nc1.[2H]C([2H])([2H])c1ccc(-c2[c-]cccc2)nc1.[2H]C([2H])([2H])c1cnc(-c2[c-]cccc2)cc1C([2H])([2H])[2H].[Ir].[Ir].[Ir].[Ir].[c-]1ccc2c(oc3cccnc32)c1-c1ccccn1.[c-]1ccc2c(oc3ncccc32)c1-c1ccccn1.[c-]1ccc2c(oc3ncccc32)c1-c1ccccn1. The molecule has 0 aliphatic carbocycles. The van der Waals surface area contributed by atoms with Gasteiger partial charge in [-0.05, 0) is 200 Å². The van der Waals surface area contributed by atoms with Gasteiger partial charge in [-0.2, -0.15) is 0 Å². The molecular formula is C115H82Ir4N12O4-8. The van der Waals surface area contributed by atoms with Crippen molar-refractivity contribution in [3.8, 4) is 90.1 Å². The van der Waals surface area contributed by atoms with Crippen molar-refractivity contribution < 1.29 is 115 Å². The molecule has 16 aromatic heterocycles. The Bertz CT molecular complexity index is 8090. The molecule has 0 fully saturated rings. The van der Waals surface area contributed by atoms with Crippen LogP contribution in [-0.4, -0.2) is 59.8 Å². The van der Waals surface area contributed by atoms with Crippen LogP contribution < -0.4 is 0 Å². The summed E-state index contributed by atoms with van der Waals surface area (Å²) in [5.74, 6) is 0. The molecule has 16 nitrogen and oxygen atoms in total. The zero-order chi connectivity index (χ0) is 99.6. The fourth-order valence-corrected chi connectivity index (χ4v) is 14.2. The van der Waals surface area contributed by atoms with Gasteiger partial charge >= 0.3 is 0 Å². The van der Waals surface area contributed by atoms with Gasteiger partial charge in [0.05, 0.1) is 33.4 Å². The topological polar surface area (TPSA) is 207 Å². The van der Waals surface area contributed by atoms with Crippen molar-refractivity contribution in [2.24, 2.45) is 0 Å². The van der Waals surface area contributed by atoms with Crippen LogP contribution in [0.3, 0.4) is 0 Å². The van der Waals surface area contributed by atoms with Gasteiger partial charge in [0.2, 0.25) is 11.4 Å². The smallest absolute Gasteiger partial charge is 0.216 e. The molecule has 135 heavy (non-hydrogen) atoms. The summed E-state index contributed by atoms with van der Waals surface area (Å²) in [6.07, 6.45) is 18.0. The molecule has 24 aromatic rings. The first kappa shape index (κ1) is 82.3. The monoisotopic (exact) mass is 2480 g/mol. The zero-order valence-electron chi connectivity index (χ0n) is 84.1. The van der Waals surface area contributed by atoms with E-state index in [2.05, 4.69) is 128 Å². The number of aryl methyl sites for hydroxylation is 7. The van der Waals surface area contributed by atoms with Gasteiger partial charge in [-0.3, -0.25) is 9.97 Å². The van der Waals surface area contributed by atoms with Crippen molar-refractivity contribution in [1.29, 1.82) is 0 Å². The molecule has 4 radical (unpaired) electrons.